The Hall–Kier alpha value is -5.14. The maximum atomic E-state index is 6.76. The van der Waals surface area contributed by atoms with Gasteiger partial charge in [-0.1, -0.05) is 133 Å². The summed E-state index contributed by atoms with van der Waals surface area (Å²) in [6.45, 7) is 0. The molecule has 0 aliphatic rings. The Morgan fingerprint density at radius 1 is 0.333 bits per heavy atom. The molecule has 0 saturated carbocycles. The van der Waals surface area contributed by atoms with Crippen molar-refractivity contribution in [3.63, 3.8) is 0 Å². The molecule has 0 bridgehead atoms. The van der Waals surface area contributed by atoms with Crippen LogP contribution in [0.3, 0.4) is 0 Å². The van der Waals surface area contributed by atoms with E-state index in [-0.39, 0.29) is 0 Å². The maximum Gasteiger partial charge on any atom is 0.143 e. The van der Waals surface area contributed by atoms with Gasteiger partial charge in [-0.3, -0.25) is 0 Å². The molecular formula is C38H24O. The van der Waals surface area contributed by atoms with Crippen molar-refractivity contribution in [3.05, 3.63) is 146 Å². The van der Waals surface area contributed by atoms with E-state index in [9.17, 15) is 0 Å². The Bertz CT molecular complexity index is 2090. The third-order valence-electron chi connectivity index (χ3n) is 7.84. The van der Waals surface area contributed by atoms with Crippen LogP contribution in [0.4, 0.5) is 0 Å². The fraction of sp³-hybridized carbons (Fsp3) is 0. The highest BCUT2D eigenvalue weighted by atomic mass is 16.3. The first kappa shape index (κ1) is 21.9. The van der Waals surface area contributed by atoms with E-state index in [1.165, 1.54) is 49.0 Å². The Morgan fingerprint density at radius 3 is 1.38 bits per heavy atom. The maximum absolute atomic E-state index is 6.76. The molecule has 0 fully saturated rings. The van der Waals surface area contributed by atoms with Crippen LogP contribution in [0, 0.1) is 0 Å². The van der Waals surface area contributed by atoms with E-state index in [0.717, 1.165) is 27.9 Å². The van der Waals surface area contributed by atoms with Crippen molar-refractivity contribution >= 4 is 43.3 Å². The summed E-state index contributed by atoms with van der Waals surface area (Å²) in [7, 11) is 0. The summed E-state index contributed by atoms with van der Waals surface area (Å²) in [4.78, 5) is 0. The fourth-order valence-corrected chi connectivity index (χ4v) is 6.14. The van der Waals surface area contributed by atoms with Crippen LogP contribution in [0.2, 0.25) is 0 Å². The van der Waals surface area contributed by atoms with Gasteiger partial charge in [0.25, 0.3) is 0 Å². The second-order valence-corrected chi connectivity index (χ2v) is 10.1. The SMILES string of the molecule is c1ccc(-c2oc3cc4ccccc4cc3c2-c2c3ccccc3c(-c3ccccc3)c3ccccc23)cc1. The molecule has 1 heterocycles. The van der Waals surface area contributed by atoms with E-state index in [1.54, 1.807) is 0 Å². The molecule has 0 unspecified atom stereocenters. The predicted octanol–water partition coefficient (Wildman–Crippen LogP) is 10.9. The number of benzene rings is 7. The van der Waals surface area contributed by atoms with E-state index in [4.69, 9.17) is 4.42 Å². The van der Waals surface area contributed by atoms with E-state index >= 15 is 0 Å². The summed E-state index contributed by atoms with van der Waals surface area (Å²) in [5.41, 5.74) is 6.84. The molecule has 0 radical (unpaired) electrons. The van der Waals surface area contributed by atoms with Crippen molar-refractivity contribution in [3.8, 4) is 33.6 Å². The molecule has 39 heavy (non-hydrogen) atoms. The number of fused-ring (bicyclic) bond motifs is 4. The third kappa shape index (κ3) is 3.41. The smallest absolute Gasteiger partial charge is 0.143 e. The Balaban J connectivity index is 1.59. The van der Waals surface area contributed by atoms with Crippen LogP contribution in [0.15, 0.2) is 150 Å². The zero-order valence-electron chi connectivity index (χ0n) is 21.3. The summed E-state index contributed by atoms with van der Waals surface area (Å²) in [6.07, 6.45) is 0. The second kappa shape index (κ2) is 8.72. The van der Waals surface area contributed by atoms with Gasteiger partial charge in [-0.05, 0) is 55.6 Å². The standard InChI is InChI=1S/C38H24O/c1-3-13-25(14-4-1)35-29-19-9-11-21-31(29)36(32-22-12-10-20-30(32)35)37-33-23-27-17-7-8-18-28(27)24-34(33)39-38(37)26-15-5-2-6-16-26/h1-24H. The average Bonchev–Trinajstić information content (AvgIpc) is 3.37. The molecule has 0 spiro atoms. The Kier molecular flexibility index (Phi) is 4.89. The zero-order chi connectivity index (χ0) is 25.8. The van der Waals surface area contributed by atoms with Crippen molar-refractivity contribution in [2.75, 3.05) is 0 Å². The molecule has 8 rings (SSSR count). The Labute approximate surface area is 226 Å². The largest absolute Gasteiger partial charge is 0.455 e. The van der Waals surface area contributed by atoms with Crippen LogP contribution in [-0.2, 0) is 0 Å². The van der Waals surface area contributed by atoms with Crippen molar-refractivity contribution in [2.45, 2.75) is 0 Å². The molecule has 1 nitrogen and oxygen atoms in total. The van der Waals surface area contributed by atoms with Crippen LogP contribution in [-0.4, -0.2) is 0 Å². The highest BCUT2D eigenvalue weighted by Crippen LogP contribution is 2.49. The number of hydrogen-bond acceptors (Lipinski definition) is 1. The van der Waals surface area contributed by atoms with E-state index < -0.39 is 0 Å². The first-order valence-corrected chi connectivity index (χ1v) is 13.4. The summed E-state index contributed by atoms with van der Waals surface area (Å²) >= 11 is 0. The molecule has 1 heteroatoms. The summed E-state index contributed by atoms with van der Waals surface area (Å²) in [6, 6.07) is 51.9. The van der Waals surface area contributed by atoms with Gasteiger partial charge in [0.1, 0.15) is 11.3 Å². The lowest BCUT2D eigenvalue weighted by Gasteiger charge is -2.18. The van der Waals surface area contributed by atoms with Gasteiger partial charge in [0, 0.05) is 22.1 Å². The van der Waals surface area contributed by atoms with Gasteiger partial charge in [0.15, 0.2) is 0 Å². The lowest BCUT2D eigenvalue weighted by Crippen LogP contribution is -1.91. The minimum atomic E-state index is 0.905. The van der Waals surface area contributed by atoms with Crippen molar-refractivity contribution in [1.29, 1.82) is 0 Å². The topological polar surface area (TPSA) is 13.1 Å². The summed E-state index contributed by atoms with van der Waals surface area (Å²) in [5.74, 6) is 0.906. The Morgan fingerprint density at radius 2 is 0.795 bits per heavy atom. The van der Waals surface area contributed by atoms with E-state index in [2.05, 4.69) is 146 Å². The minimum Gasteiger partial charge on any atom is -0.455 e. The number of furan rings is 1. The lowest BCUT2D eigenvalue weighted by molar-refractivity contribution is 0.633. The van der Waals surface area contributed by atoms with Gasteiger partial charge in [-0.25, -0.2) is 0 Å². The fourth-order valence-electron chi connectivity index (χ4n) is 6.14. The predicted molar refractivity (Wildman–Crippen MR) is 165 cm³/mol. The first-order valence-electron chi connectivity index (χ1n) is 13.4. The molecule has 0 N–H and O–H groups in total. The van der Waals surface area contributed by atoms with Crippen LogP contribution in [0.1, 0.15) is 0 Å². The lowest BCUT2D eigenvalue weighted by atomic mass is 9.84. The average molecular weight is 497 g/mol. The molecule has 182 valence electrons. The first-order chi connectivity index (χ1) is 19.4. The minimum absolute atomic E-state index is 0.905. The molecule has 0 aliphatic carbocycles. The van der Waals surface area contributed by atoms with Crippen LogP contribution < -0.4 is 0 Å². The molecule has 1 aromatic heterocycles. The monoisotopic (exact) mass is 496 g/mol. The molecular weight excluding hydrogens is 472 g/mol. The summed E-state index contributed by atoms with van der Waals surface area (Å²) in [5, 5.41) is 8.46. The van der Waals surface area contributed by atoms with Gasteiger partial charge in [-0.15, -0.1) is 0 Å². The van der Waals surface area contributed by atoms with Gasteiger partial charge >= 0.3 is 0 Å². The van der Waals surface area contributed by atoms with Gasteiger partial charge in [0.05, 0.1) is 0 Å². The summed E-state index contributed by atoms with van der Waals surface area (Å²) < 4.78 is 6.76. The number of hydrogen-bond donors (Lipinski definition) is 0. The van der Waals surface area contributed by atoms with Crippen LogP contribution in [0.5, 0.6) is 0 Å². The third-order valence-corrected chi connectivity index (χ3v) is 7.84. The normalized spacial score (nSPS) is 11.6. The molecule has 8 aromatic rings. The van der Waals surface area contributed by atoms with Crippen molar-refractivity contribution in [2.24, 2.45) is 0 Å². The van der Waals surface area contributed by atoms with E-state index in [1.807, 2.05) is 0 Å². The quantitative estimate of drug-likeness (QED) is 0.222. The van der Waals surface area contributed by atoms with Gasteiger partial charge in [0.2, 0.25) is 0 Å². The molecule has 0 saturated heterocycles. The van der Waals surface area contributed by atoms with Crippen molar-refractivity contribution in [1.82, 2.24) is 0 Å². The zero-order valence-corrected chi connectivity index (χ0v) is 21.3. The van der Waals surface area contributed by atoms with E-state index in [0.29, 0.717) is 0 Å². The highest BCUT2D eigenvalue weighted by Gasteiger charge is 2.24. The molecule has 7 aromatic carbocycles. The van der Waals surface area contributed by atoms with Crippen molar-refractivity contribution < 1.29 is 4.42 Å². The molecule has 0 aliphatic heterocycles. The highest BCUT2D eigenvalue weighted by molar-refractivity contribution is 6.25. The second-order valence-electron chi connectivity index (χ2n) is 10.1. The van der Waals surface area contributed by atoms with Gasteiger partial charge in [-0.2, -0.15) is 0 Å². The van der Waals surface area contributed by atoms with Crippen LogP contribution in [0.25, 0.3) is 76.9 Å². The number of rotatable bonds is 3. The molecule has 0 atom stereocenters. The molecule has 0 amide bonds. The van der Waals surface area contributed by atoms with Crippen LogP contribution >= 0.6 is 0 Å². The van der Waals surface area contributed by atoms with Gasteiger partial charge < -0.3 is 4.42 Å².